The Labute approximate surface area is 189 Å². The van der Waals surface area contributed by atoms with E-state index in [9.17, 15) is 4.79 Å². The molecule has 1 aromatic heterocycles. The Hall–Kier alpha value is -3.21. The van der Waals surface area contributed by atoms with Crippen LogP contribution in [0.3, 0.4) is 0 Å². The topological polar surface area (TPSA) is 51.9 Å². The zero-order valence-electron chi connectivity index (χ0n) is 19.4. The van der Waals surface area contributed by atoms with Gasteiger partial charge in [0.25, 0.3) is 0 Å². The number of furan rings is 1. The Morgan fingerprint density at radius 2 is 1.97 bits per heavy atom. The first kappa shape index (κ1) is 22.0. The average molecular weight is 434 g/mol. The van der Waals surface area contributed by atoms with Crippen LogP contribution in [0.25, 0.3) is 27.7 Å². The van der Waals surface area contributed by atoms with Gasteiger partial charge in [0.05, 0.1) is 20.0 Å². The molecule has 1 aliphatic rings. The zero-order valence-corrected chi connectivity index (χ0v) is 19.4. The standard InChI is InChI=1S/C27H31NO4/c1-5-31-26-19(3)27-23(24(17-32-27)20-10-9-11-21(15-20)30-4)16-22(26)18(2)14-25(29)28-12-7-6-8-13-28/h9-11,14-17H,5-8,12-13H2,1-4H3/b18-14+. The normalized spacial score (nSPS) is 14.6. The van der Waals surface area contributed by atoms with Crippen LogP contribution in [0.1, 0.15) is 44.2 Å². The van der Waals surface area contributed by atoms with Gasteiger partial charge in [0.1, 0.15) is 17.1 Å². The van der Waals surface area contributed by atoms with Gasteiger partial charge in [0.15, 0.2) is 0 Å². The minimum absolute atomic E-state index is 0.0719. The van der Waals surface area contributed by atoms with Crippen molar-refractivity contribution < 1.29 is 18.7 Å². The maximum absolute atomic E-state index is 12.9. The van der Waals surface area contributed by atoms with Crippen LogP contribution in [0.4, 0.5) is 0 Å². The van der Waals surface area contributed by atoms with E-state index in [0.717, 1.165) is 76.2 Å². The number of aryl methyl sites for hydroxylation is 1. The number of benzene rings is 2. The predicted molar refractivity (Wildman–Crippen MR) is 128 cm³/mol. The molecular weight excluding hydrogens is 402 g/mol. The molecule has 5 heteroatoms. The number of methoxy groups -OCH3 is 1. The molecule has 0 spiro atoms. The minimum Gasteiger partial charge on any atom is -0.497 e. The van der Waals surface area contributed by atoms with E-state index in [2.05, 4.69) is 6.07 Å². The SMILES string of the molecule is CCOc1c(/C(C)=C/C(=O)N2CCCCC2)cc2c(-c3cccc(OC)c3)coc2c1C. The predicted octanol–water partition coefficient (Wildman–Crippen LogP) is 6.23. The minimum atomic E-state index is 0.0719. The number of hydrogen-bond donors (Lipinski definition) is 0. The first-order valence-electron chi connectivity index (χ1n) is 11.3. The van der Waals surface area contributed by atoms with Gasteiger partial charge in [-0.2, -0.15) is 0 Å². The van der Waals surface area contributed by atoms with E-state index in [-0.39, 0.29) is 5.91 Å². The molecule has 1 aliphatic heterocycles. The third kappa shape index (κ3) is 4.24. The van der Waals surface area contributed by atoms with E-state index in [0.29, 0.717) is 6.61 Å². The molecule has 1 saturated heterocycles. The molecule has 32 heavy (non-hydrogen) atoms. The molecule has 4 rings (SSSR count). The molecule has 1 amide bonds. The molecule has 3 aromatic rings. The molecule has 0 aliphatic carbocycles. The molecule has 0 atom stereocenters. The number of likely N-dealkylation sites (tertiary alicyclic amines) is 1. The summed E-state index contributed by atoms with van der Waals surface area (Å²) < 4.78 is 17.4. The molecule has 0 saturated carbocycles. The van der Waals surface area contributed by atoms with Crippen molar-refractivity contribution in [3.8, 4) is 22.6 Å². The van der Waals surface area contributed by atoms with Gasteiger partial charge in [-0.15, -0.1) is 0 Å². The molecule has 2 heterocycles. The molecule has 0 radical (unpaired) electrons. The van der Waals surface area contributed by atoms with Gasteiger partial charge in [-0.25, -0.2) is 0 Å². The van der Waals surface area contributed by atoms with Crippen molar-refractivity contribution in [2.75, 3.05) is 26.8 Å². The molecule has 0 bridgehead atoms. The molecule has 1 fully saturated rings. The lowest BCUT2D eigenvalue weighted by Crippen LogP contribution is -2.34. The van der Waals surface area contributed by atoms with Gasteiger partial charge in [-0.05, 0) is 69.4 Å². The van der Waals surface area contributed by atoms with E-state index >= 15 is 0 Å². The first-order valence-corrected chi connectivity index (χ1v) is 11.3. The molecular formula is C27H31NO4. The van der Waals surface area contributed by atoms with Crippen LogP contribution in [0.2, 0.25) is 0 Å². The molecule has 2 aromatic carbocycles. The lowest BCUT2D eigenvalue weighted by atomic mass is 9.96. The number of ether oxygens (including phenoxy) is 2. The highest BCUT2D eigenvalue weighted by Gasteiger charge is 2.21. The van der Waals surface area contributed by atoms with Gasteiger partial charge < -0.3 is 18.8 Å². The second-order valence-corrected chi connectivity index (χ2v) is 8.28. The summed E-state index contributed by atoms with van der Waals surface area (Å²) in [5.41, 5.74) is 5.56. The fourth-order valence-electron chi connectivity index (χ4n) is 4.42. The highest BCUT2D eigenvalue weighted by molar-refractivity contribution is 6.01. The van der Waals surface area contributed by atoms with Crippen LogP contribution in [0.5, 0.6) is 11.5 Å². The Kier molecular flexibility index (Phi) is 6.54. The van der Waals surface area contributed by atoms with Gasteiger partial charge in [0.2, 0.25) is 5.91 Å². The first-order chi connectivity index (χ1) is 15.5. The van der Waals surface area contributed by atoms with Crippen molar-refractivity contribution in [2.24, 2.45) is 0 Å². The summed E-state index contributed by atoms with van der Waals surface area (Å²) in [4.78, 5) is 14.8. The van der Waals surface area contributed by atoms with Gasteiger partial charge in [-0.1, -0.05) is 12.1 Å². The van der Waals surface area contributed by atoms with Crippen molar-refractivity contribution >= 4 is 22.4 Å². The Morgan fingerprint density at radius 3 is 2.69 bits per heavy atom. The fraction of sp³-hybridized carbons (Fsp3) is 0.370. The number of hydrogen-bond acceptors (Lipinski definition) is 4. The zero-order chi connectivity index (χ0) is 22.7. The Bertz CT molecular complexity index is 1150. The summed E-state index contributed by atoms with van der Waals surface area (Å²) in [5.74, 6) is 1.64. The second kappa shape index (κ2) is 9.51. The Balaban J connectivity index is 1.82. The van der Waals surface area contributed by atoms with Crippen molar-refractivity contribution in [1.29, 1.82) is 0 Å². The highest BCUT2D eigenvalue weighted by atomic mass is 16.5. The number of allylic oxidation sites excluding steroid dienone is 1. The molecule has 0 unspecified atom stereocenters. The quantitative estimate of drug-likeness (QED) is 0.432. The van der Waals surface area contributed by atoms with Crippen LogP contribution in [-0.2, 0) is 4.79 Å². The van der Waals surface area contributed by atoms with Crippen molar-refractivity contribution in [3.63, 3.8) is 0 Å². The summed E-state index contributed by atoms with van der Waals surface area (Å²) in [6.07, 6.45) is 6.88. The lowest BCUT2D eigenvalue weighted by Gasteiger charge is -2.25. The maximum Gasteiger partial charge on any atom is 0.246 e. The number of amides is 1. The number of fused-ring (bicyclic) bond motifs is 1. The number of carbonyl (C=O) groups excluding carboxylic acids is 1. The third-order valence-electron chi connectivity index (χ3n) is 6.15. The van der Waals surface area contributed by atoms with Crippen molar-refractivity contribution in [1.82, 2.24) is 4.90 Å². The number of rotatable bonds is 6. The van der Waals surface area contributed by atoms with E-state index in [1.54, 1.807) is 19.4 Å². The van der Waals surface area contributed by atoms with Crippen LogP contribution in [0.15, 0.2) is 47.1 Å². The summed E-state index contributed by atoms with van der Waals surface area (Å²) in [6, 6.07) is 10.0. The summed E-state index contributed by atoms with van der Waals surface area (Å²) >= 11 is 0. The van der Waals surface area contributed by atoms with Crippen molar-refractivity contribution in [2.45, 2.75) is 40.0 Å². The summed E-state index contributed by atoms with van der Waals surface area (Å²) in [7, 11) is 1.66. The highest BCUT2D eigenvalue weighted by Crippen LogP contribution is 2.41. The van der Waals surface area contributed by atoms with Crippen LogP contribution in [-0.4, -0.2) is 37.6 Å². The molecule has 0 N–H and O–H groups in total. The fourth-order valence-corrected chi connectivity index (χ4v) is 4.42. The van der Waals surface area contributed by atoms with E-state index in [4.69, 9.17) is 13.9 Å². The van der Waals surface area contributed by atoms with E-state index in [1.807, 2.05) is 49.9 Å². The lowest BCUT2D eigenvalue weighted by molar-refractivity contribution is -0.126. The smallest absolute Gasteiger partial charge is 0.246 e. The van der Waals surface area contributed by atoms with Gasteiger partial charge in [-0.3, -0.25) is 4.79 Å². The summed E-state index contributed by atoms with van der Waals surface area (Å²) in [6.45, 7) is 8.17. The largest absolute Gasteiger partial charge is 0.497 e. The number of carbonyl (C=O) groups is 1. The number of piperidine rings is 1. The summed E-state index contributed by atoms with van der Waals surface area (Å²) in [5, 5.41) is 0.993. The van der Waals surface area contributed by atoms with E-state index in [1.165, 1.54) is 6.42 Å². The van der Waals surface area contributed by atoms with E-state index < -0.39 is 0 Å². The van der Waals surface area contributed by atoms with Crippen LogP contribution < -0.4 is 9.47 Å². The maximum atomic E-state index is 12.9. The monoisotopic (exact) mass is 433 g/mol. The third-order valence-corrected chi connectivity index (χ3v) is 6.15. The van der Waals surface area contributed by atoms with Gasteiger partial charge in [0, 0.05) is 41.2 Å². The van der Waals surface area contributed by atoms with Crippen molar-refractivity contribution in [3.05, 3.63) is 53.8 Å². The second-order valence-electron chi connectivity index (χ2n) is 8.28. The van der Waals surface area contributed by atoms with Gasteiger partial charge >= 0.3 is 0 Å². The van der Waals surface area contributed by atoms with Crippen LogP contribution >= 0.6 is 0 Å². The molecule has 5 nitrogen and oxygen atoms in total. The number of nitrogens with zero attached hydrogens (tertiary/aromatic N) is 1. The average Bonchev–Trinajstić information content (AvgIpc) is 3.25. The van der Waals surface area contributed by atoms with Crippen LogP contribution in [0, 0.1) is 6.92 Å². The molecule has 168 valence electrons. The Morgan fingerprint density at radius 1 is 1.19 bits per heavy atom.